The highest BCUT2D eigenvalue weighted by Crippen LogP contribution is 2.11. The van der Waals surface area contributed by atoms with Crippen LogP contribution in [0.3, 0.4) is 0 Å². The molecule has 2 amide bonds. The molecule has 124 valence electrons. The lowest BCUT2D eigenvalue weighted by atomic mass is 10.2. The standard InChI is InChI=1S/C16H20N2O5/c19-14-8-4-5-9-17(12-18(14)10-15(20)21)16(22)23-11-13-6-2-1-3-7-13/h1-3,6-7H,4-5,8-12H2,(H,20,21). The molecule has 1 N–H and O–H groups in total. The van der Waals surface area contributed by atoms with Crippen molar-refractivity contribution in [2.24, 2.45) is 0 Å². The van der Waals surface area contributed by atoms with Crippen molar-refractivity contribution in [1.29, 1.82) is 0 Å². The van der Waals surface area contributed by atoms with Gasteiger partial charge < -0.3 is 14.7 Å². The molecule has 0 radical (unpaired) electrons. The van der Waals surface area contributed by atoms with Gasteiger partial charge in [-0.05, 0) is 18.4 Å². The second kappa shape index (κ2) is 8.17. The highest BCUT2D eigenvalue weighted by Gasteiger charge is 2.25. The van der Waals surface area contributed by atoms with E-state index in [1.807, 2.05) is 30.3 Å². The summed E-state index contributed by atoms with van der Waals surface area (Å²) in [6.07, 6.45) is 1.07. The molecule has 0 aromatic heterocycles. The minimum absolute atomic E-state index is 0.0568. The average Bonchev–Trinajstić information content (AvgIpc) is 2.53. The Balaban J connectivity index is 1.96. The summed E-state index contributed by atoms with van der Waals surface area (Å²) < 4.78 is 5.25. The van der Waals surface area contributed by atoms with E-state index in [9.17, 15) is 14.4 Å². The zero-order valence-corrected chi connectivity index (χ0v) is 12.8. The van der Waals surface area contributed by atoms with Gasteiger partial charge in [-0.2, -0.15) is 0 Å². The molecule has 1 saturated heterocycles. The van der Waals surface area contributed by atoms with E-state index in [0.717, 1.165) is 5.56 Å². The first-order chi connectivity index (χ1) is 11.1. The Labute approximate surface area is 134 Å². The van der Waals surface area contributed by atoms with Crippen LogP contribution in [-0.4, -0.2) is 52.6 Å². The van der Waals surface area contributed by atoms with Gasteiger partial charge in [-0.25, -0.2) is 4.79 Å². The van der Waals surface area contributed by atoms with Crippen LogP contribution < -0.4 is 0 Å². The molecular formula is C16H20N2O5. The highest BCUT2D eigenvalue weighted by molar-refractivity contribution is 5.81. The summed E-state index contributed by atoms with van der Waals surface area (Å²) in [5.41, 5.74) is 0.867. The number of carboxylic acids is 1. The number of amides is 2. The second-order valence-corrected chi connectivity index (χ2v) is 5.39. The largest absolute Gasteiger partial charge is 0.480 e. The number of aliphatic carboxylic acids is 1. The summed E-state index contributed by atoms with van der Waals surface area (Å²) in [5, 5.41) is 8.89. The van der Waals surface area contributed by atoms with Crippen molar-refractivity contribution in [3.8, 4) is 0 Å². The first-order valence-corrected chi connectivity index (χ1v) is 7.51. The van der Waals surface area contributed by atoms with Crippen LogP contribution >= 0.6 is 0 Å². The molecule has 7 nitrogen and oxygen atoms in total. The minimum atomic E-state index is -1.10. The van der Waals surface area contributed by atoms with Crippen molar-refractivity contribution in [3.05, 3.63) is 35.9 Å². The van der Waals surface area contributed by atoms with Crippen LogP contribution in [0.4, 0.5) is 4.79 Å². The predicted octanol–water partition coefficient (Wildman–Crippen LogP) is 1.68. The SMILES string of the molecule is O=C(O)CN1CN(C(=O)OCc2ccccc2)CCCCC1=O. The Morgan fingerprint density at radius 2 is 1.91 bits per heavy atom. The van der Waals surface area contributed by atoms with Crippen molar-refractivity contribution in [2.45, 2.75) is 25.9 Å². The van der Waals surface area contributed by atoms with Gasteiger partial charge in [0.1, 0.15) is 13.2 Å². The number of carbonyl (C=O) groups is 3. The normalized spacial score (nSPS) is 15.7. The van der Waals surface area contributed by atoms with E-state index in [0.29, 0.717) is 25.8 Å². The van der Waals surface area contributed by atoms with Gasteiger partial charge in [-0.3, -0.25) is 14.5 Å². The highest BCUT2D eigenvalue weighted by atomic mass is 16.6. The van der Waals surface area contributed by atoms with Gasteiger partial charge in [0.05, 0.1) is 6.67 Å². The summed E-state index contributed by atoms with van der Waals surface area (Å²) >= 11 is 0. The van der Waals surface area contributed by atoms with E-state index in [1.54, 1.807) is 0 Å². The molecule has 23 heavy (non-hydrogen) atoms. The van der Waals surface area contributed by atoms with Gasteiger partial charge in [-0.1, -0.05) is 30.3 Å². The number of rotatable bonds is 4. The first-order valence-electron chi connectivity index (χ1n) is 7.51. The number of nitrogens with zero attached hydrogens (tertiary/aromatic N) is 2. The maximum absolute atomic E-state index is 12.2. The van der Waals surface area contributed by atoms with E-state index in [4.69, 9.17) is 9.84 Å². The lowest BCUT2D eigenvalue weighted by Gasteiger charge is -2.31. The molecule has 0 aliphatic carbocycles. The smallest absolute Gasteiger partial charge is 0.411 e. The van der Waals surface area contributed by atoms with E-state index in [-0.39, 0.29) is 19.2 Å². The Morgan fingerprint density at radius 3 is 2.61 bits per heavy atom. The van der Waals surface area contributed by atoms with Crippen molar-refractivity contribution in [2.75, 3.05) is 19.8 Å². The Kier molecular flexibility index (Phi) is 5.96. The van der Waals surface area contributed by atoms with Crippen LogP contribution in [0.1, 0.15) is 24.8 Å². The van der Waals surface area contributed by atoms with E-state index >= 15 is 0 Å². The van der Waals surface area contributed by atoms with Crippen LogP contribution in [0.2, 0.25) is 0 Å². The number of hydrogen-bond donors (Lipinski definition) is 1. The lowest BCUT2D eigenvalue weighted by Crippen LogP contribution is -2.47. The molecule has 0 bridgehead atoms. The van der Waals surface area contributed by atoms with Gasteiger partial charge >= 0.3 is 12.1 Å². The number of carbonyl (C=O) groups excluding carboxylic acids is 2. The fourth-order valence-corrected chi connectivity index (χ4v) is 2.35. The van der Waals surface area contributed by atoms with Gasteiger partial charge in [0.2, 0.25) is 5.91 Å². The molecule has 0 spiro atoms. The lowest BCUT2D eigenvalue weighted by molar-refractivity contribution is -0.146. The number of carboxylic acid groups (broad SMARTS) is 1. The maximum atomic E-state index is 12.2. The number of hydrogen-bond acceptors (Lipinski definition) is 4. The third-order valence-corrected chi connectivity index (χ3v) is 3.55. The zero-order valence-electron chi connectivity index (χ0n) is 12.8. The van der Waals surface area contributed by atoms with Crippen LogP contribution in [0.25, 0.3) is 0 Å². The Morgan fingerprint density at radius 1 is 1.17 bits per heavy atom. The summed E-state index contributed by atoms with van der Waals surface area (Å²) in [5.74, 6) is -1.36. The minimum Gasteiger partial charge on any atom is -0.480 e. The Hall–Kier alpha value is -2.57. The fourth-order valence-electron chi connectivity index (χ4n) is 2.35. The van der Waals surface area contributed by atoms with Crippen LogP contribution in [0.5, 0.6) is 0 Å². The molecule has 1 aromatic carbocycles. The van der Waals surface area contributed by atoms with Crippen LogP contribution in [-0.2, 0) is 20.9 Å². The zero-order chi connectivity index (χ0) is 16.7. The molecule has 2 rings (SSSR count). The molecule has 1 heterocycles. The van der Waals surface area contributed by atoms with Crippen molar-refractivity contribution < 1.29 is 24.2 Å². The molecule has 1 aliphatic heterocycles. The van der Waals surface area contributed by atoms with Gasteiger partial charge in [-0.15, -0.1) is 0 Å². The van der Waals surface area contributed by atoms with Crippen molar-refractivity contribution in [3.63, 3.8) is 0 Å². The molecule has 0 unspecified atom stereocenters. The molecule has 7 heteroatoms. The summed E-state index contributed by atoms with van der Waals surface area (Å²) in [6.45, 7) is 0.111. The molecule has 1 aliphatic rings. The maximum Gasteiger partial charge on any atom is 0.411 e. The summed E-state index contributed by atoms with van der Waals surface area (Å²) in [6, 6.07) is 9.28. The fraction of sp³-hybridized carbons (Fsp3) is 0.438. The van der Waals surface area contributed by atoms with E-state index in [2.05, 4.69) is 0 Å². The van der Waals surface area contributed by atoms with Crippen LogP contribution in [0.15, 0.2) is 30.3 Å². The topological polar surface area (TPSA) is 87.2 Å². The van der Waals surface area contributed by atoms with Gasteiger partial charge in [0.25, 0.3) is 0 Å². The van der Waals surface area contributed by atoms with Gasteiger partial charge in [0, 0.05) is 13.0 Å². The first kappa shape index (κ1) is 16.8. The number of benzene rings is 1. The molecule has 0 atom stereocenters. The third kappa shape index (κ3) is 5.28. The molecule has 1 fully saturated rings. The molecule has 0 saturated carbocycles. The van der Waals surface area contributed by atoms with E-state index < -0.39 is 18.6 Å². The third-order valence-electron chi connectivity index (χ3n) is 3.55. The van der Waals surface area contributed by atoms with Gasteiger partial charge in [0.15, 0.2) is 0 Å². The molecule has 1 aromatic rings. The van der Waals surface area contributed by atoms with Crippen molar-refractivity contribution in [1.82, 2.24) is 9.80 Å². The molecular weight excluding hydrogens is 300 g/mol. The monoisotopic (exact) mass is 320 g/mol. The van der Waals surface area contributed by atoms with E-state index in [1.165, 1.54) is 9.80 Å². The predicted molar refractivity (Wildman–Crippen MR) is 81.4 cm³/mol. The number of ether oxygens (including phenoxy) is 1. The van der Waals surface area contributed by atoms with Crippen molar-refractivity contribution >= 4 is 18.0 Å². The summed E-state index contributed by atoms with van der Waals surface area (Å²) in [7, 11) is 0. The second-order valence-electron chi connectivity index (χ2n) is 5.39. The Bertz CT molecular complexity index is 561. The van der Waals surface area contributed by atoms with Crippen LogP contribution in [0, 0.1) is 0 Å². The average molecular weight is 320 g/mol. The summed E-state index contributed by atoms with van der Waals surface area (Å²) in [4.78, 5) is 37.5. The quantitative estimate of drug-likeness (QED) is 0.912.